The predicted molar refractivity (Wildman–Crippen MR) is 89.2 cm³/mol. The zero-order chi connectivity index (χ0) is 16.8. The average molecular weight is 321 g/mol. The fraction of sp³-hybridized carbons (Fsp3) is 0.176. The molecule has 1 aromatic carbocycles. The van der Waals surface area contributed by atoms with Crippen molar-refractivity contribution < 1.29 is 9.21 Å². The van der Waals surface area contributed by atoms with E-state index in [1.165, 1.54) is 0 Å². The van der Waals surface area contributed by atoms with Crippen LogP contribution in [0.1, 0.15) is 27.6 Å². The number of hydrogen-bond donors (Lipinski definition) is 1. The minimum Gasteiger partial charge on any atom is -0.441 e. The van der Waals surface area contributed by atoms with E-state index in [0.717, 1.165) is 17.0 Å². The number of carbonyl (C=O) groups excluding carboxylic acids is 1. The summed E-state index contributed by atoms with van der Waals surface area (Å²) >= 11 is 0. The Hall–Kier alpha value is -3.22. The molecule has 1 amide bonds. The zero-order valence-corrected chi connectivity index (χ0v) is 13.5. The number of nitrogens with zero attached hydrogens (tertiary/aromatic N) is 4. The van der Waals surface area contributed by atoms with Gasteiger partial charge < -0.3 is 9.73 Å². The van der Waals surface area contributed by atoms with E-state index in [4.69, 9.17) is 4.42 Å². The summed E-state index contributed by atoms with van der Waals surface area (Å²) in [6, 6.07) is 7.22. The molecule has 0 bridgehead atoms. The second-order valence-electron chi connectivity index (χ2n) is 5.68. The molecular weight excluding hydrogens is 306 g/mol. The van der Waals surface area contributed by atoms with Gasteiger partial charge in [-0.3, -0.25) is 4.79 Å². The molecule has 1 N–H and O–H groups in total. The second-order valence-corrected chi connectivity index (χ2v) is 5.68. The molecule has 7 heteroatoms. The maximum absolute atomic E-state index is 12.6. The number of hydrogen-bond acceptors (Lipinski definition) is 5. The van der Waals surface area contributed by atoms with E-state index in [0.29, 0.717) is 28.2 Å². The largest absolute Gasteiger partial charge is 0.441 e. The molecule has 3 aromatic heterocycles. The molecular formula is C17H15N5O2. The standard InChI is InChI=1S/C17H15N5O2/c1-9-6-16-18-8-13(10(2)22(16)21-9)17(23)20-12-4-5-15-14(7-12)19-11(3)24-15/h4-8H,1-3H3,(H,20,23). The van der Waals surface area contributed by atoms with Crippen molar-refractivity contribution in [3.63, 3.8) is 0 Å². The molecule has 0 aliphatic heterocycles. The lowest BCUT2D eigenvalue weighted by molar-refractivity contribution is 0.102. The van der Waals surface area contributed by atoms with E-state index in [9.17, 15) is 4.79 Å². The summed E-state index contributed by atoms with van der Waals surface area (Å²) in [6.07, 6.45) is 1.57. The minimum absolute atomic E-state index is 0.241. The van der Waals surface area contributed by atoms with Crippen LogP contribution in [-0.4, -0.2) is 25.5 Å². The number of anilines is 1. The molecule has 0 unspecified atom stereocenters. The molecule has 0 aliphatic carbocycles. The van der Waals surface area contributed by atoms with Gasteiger partial charge in [-0.15, -0.1) is 0 Å². The lowest BCUT2D eigenvalue weighted by Gasteiger charge is -2.08. The molecule has 7 nitrogen and oxygen atoms in total. The summed E-state index contributed by atoms with van der Waals surface area (Å²) < 4.78 is 7.11. The highest BCUT2D eigenvalue weighted by atomic mass is 16.3. The van der Waals surface area contributed by atoms with Crippen LogP contribution in [0.4, 0.5) is 5.69 Å². The van der Waals surface area contributed by atoms with Gasteiger partial charge in [-0.2, -0.15) is 5.10 Å². The SMILES string of the molecule is Cc1cc2ncc(C(=O)Nc3ccc4oc(C)nc4c3)c(C)n2n1. The van der Waals surface area contributed by atoms with Gasteiger partial charge in [-0.25, -0.2) is 14.5 Å². The summed E-state index contributed by atoms with van der Waals surface area (Å²) in [5.41, 5.74) is 4.84. The fourth-order valence-electron chi connectivity index (χ4n) is 2.70. The third-order valence-electron chi connectivity index (χ3n) is 3.84. The molecule has 4 rings (SSSR count). The predicted octanol–water partition coefficient (Wildman–Crippen LogP) is 3.05. The van der Waals surface area contributed by atoms with Crippen LogP contribution >= 0.6 is 0 Å². The van der Waals surface area contributed by atoms with E-state index >= 15 is 0 Å². The Morgan fingerprint density at radius 3 is 2.88 bits per heavy atom. The molecule has 4 aromatic rings. The zero-order valence-electron chi connectivity index (χ0n) is 13.5. The van der Waals surface area contributed by atoms with Crippen LogP contribution in [0, 0.1) is 20.8 Å². The number of aryl methyl sites for hydroxylation is 3. The minimum atomic E-state index is -0.241. The first-order valence-electron chi connectivity index (χ1n) is 7.52. The molecule has 0 saturated heterocycles. The third kappa shape index (κ3) is 2.30. The molecule has 0 radical (unpaired) electrons. The van der Waals surface area contributed by atoms with Crippen molar-refractivity contribution in [1.82, 2.24) is 19.6 Å². The number of oxazole rings is 1. The van der Waals surface area contributed by atoms with E-state index in [-0.39, 0.29) is 5.91 Å². The van der Waals surface area contributed by atoms with Crippen molar-refractivity contribution in [1.29, 1.82) is 0 Å². The Kier molecular flexibility index (Phi) is 3.09. The summed E-state index contributed by atoms with van der Waals surface area (Å²) in [7, 11) is 0. The van der Waals surface area contributed by atoms with Crippen molar-refractivity contribution >= 4 is 28.3 Å². The Labute approximate surface area is 137 Å². The number of amides is 1. The number of aromatic nitrogens is 4. The van der Waals surface area contributed by atoms with E-state index < -0.39 is 0 Å². The van der Waals surface area contributed by atoms with Gasteiger partial charge in [0.05, 0.1) is 17.0 Å². The second kappa shape index (κ2) is 5.16. The number of rotatable bonds is 2. The Bertz CT molecular complexity index is 1090. The molecule has 0 aliphatic rings. The van der Waals surface area contributed by atoms with Gasteiger partial charge in [0.2, 0.25) is 0 Å². The first-order chi connectivity index (χ1) is 11.5. The maximum atomic E-state index is 12.6. The topological polar surface area (TPSA) is 85.3 Å². The number of carbonyl (C=O) groups is 1. The van der Waals surface area contributed by atoms with E-state index in [1.807, 2.05) is 19.9 Å². The number of fused-ring (bicyclic) bond motifs is 2. The van der Waals surface area contributed by atoms with Gasteiger partial charge in [0.15, 0.2) is 17.1 Å². The Morgan fingerprint density at radius 2 is 2.04 bits per heavy atom. The normalized spacial score (nSPS) is 11.3. The van der Waals surface area contributed by atoms with Gasteiger partial charge >= 0.3 is 0 Å². The van der Waals surface area contributed by atoms with E-state index in [2.05, 4.69) is 20.4 Å². The van der Waals surface area contributed by atoms with Crippen LogP contribution in [0.2, 0.25) is 0 Å². The van der Waals surface area contributed by atoms with Crippen LogP contribution in [-0.2, 0) is 0 Å². The van der Waals surface area contributed by atoms with Gasteiger partial charge in [0, 0.05) is 24.9 Å². The summed E-state index contributed by atoms with van der Waals surface area (Å²) in [5.74, 6) is 0.350. The van der Waals surface area contributed by atoms with Crippen LogP contribution < -0.4 is 5.32 Å². The van der Waals surface area contributed by atoms with Gasteiger partial charge in [-0.05, 0) is 32.0 Å². The molecule has 0 atom stereocenters. The Balaban J connectivity index is 1.68. The van der Waals surface area contributed by atoms with Crippen molar-refractivity contribution in [2.45, 2.75) is 20.8 Å². The van der Waals surface area contributed by atoms with Crippen LogP contribution in [0.5, 0.6) is 0 Å². The lowest BCUT2D eigenvalue weighted by atomic mass is 10.2. The van der Waals surface area contributed by atoms with Gasteiger partial charge in [0.25, 0.3) is 5.91 Å². The molecule has 24 heavy (non-hydrogen) atoms. The Morgan fingerprint density at radius 1 is 1.21 bits per heavy atom. The highest BCUT2D eigenvalue weighted by molar-refractivity contribution is 6.05. The highest BCUT2D eigenvalue weighted by Gasteiger charge is 2.14. The summed E-state index contributed by atoms with van der Waals surface area (Å²) in [5, 5.41) is 7.23. The monoisotopic (exact) mass is 321 g/mol. The summed E-state index contributed by atoms with van der Waals surface area (Å²) in [4.78, 5) is 21.2. The van der Waals surface area contributed by atoms with Crippen molar-refractivity contribution in [3.05, 3.63) is 53.3 Å². The van der Waals surface area contributed by atoms with Crippen molar-refractivity contribution in [2.24, 2.45) is 0 Å². The third-order valence-corrected chi connectivity index (χ3v) is 3.84. The average Bonchev–Trinajstić information content (AvgIpc) is 3.08. The maximum Gasteiger partial charge on any atom is 0.259 e. The molecule has 0 saturated carbocycles. The molecule has 3 heterocycles. The lowest BCUT2D eigenvalue weighted by Crippen LogP contribution is -2.16. The highest BCUT2D eigenvalue weighted by Crippen LogP contribution is 2.20. The number of nitrogens with one attached hydrogen (secondary N) is 1. The summed E-state index contributed by atoms with van der Waals surface area (Å²) in [6.45, 7) is 5.53. The fourth-order valence-corrected chi connectivity index (χ4v) is 2.70. The first-order valence-corrected chi connectivity index (χ1v) is 7.52. The van der Waals surface area contributed by atoms with Gasteiger partial charge in [0.1, 0.15) is 5.52 Å². The smallest absolute Gasteiger partial charge is 0.259 e. The number of benzene rings is 1. The van der Waals surface area contributed by atoms with Crippen LogP contribution in [0.15, 0.2) is 34.9 Å². The molecule has 120 valence electrons. The first kappa shape index (κ1) is 14.4. The van der Waals surface area contributed by atoms with Crippen LogP contribution in [0.25, 0.3) is 16.7 Å². The van der Waals surface area contributed by atoms with E-state index in [1.54, 1.807) is 35.8 Å². The molecule has 0 fully saturated rings. The quantitative estimate of drug-likeness (QED) is 0.613. The van der Waals surface area contributed by atoms with Crippen LogP contribution in [0.3, 0.4) is 0 Å². The van der Waals surface area contributed by atoms with Crippen molar-refractivity contribution in [3.8, 4) is 0 Å². The van der Waals surface area contributed by atoms with Gasteiger partial charge in [-0.1, -0.05) is 0 Å². The molecule has 0 spiro atoms. The van der Waals surface area contributed by atoms with Crippen molar-refractivity contribution in [2.75, 3.05) is 5.32 Å².